The van der Waals surface area contributed by atoms with E-state index in [1.54, 1.807) is 15.4 Å². The molecular formula is C15H22N4O+2. The molecule has 0 spiro atoms. The fourth-order valence-electron chi connectivity index (χ4n) is 2.92. The summed E-state index contributed by atoms with van der Waals surface area (Å²) in [7, 11) is 2.24. The van der Waals surface area contributed by atoms with Crippen molar-refractivity contribution < 1.29 is 9.80 Å². The Morgan fingerprint density at radius 1 is 1.25 bits per heavy atom. The molecule has 5 nitrogen and oxygen atoms in total. The van der Waals surface area contributed by atoms with E-state index < -0.39 is 0 Å². The van der Waals surface area contributed by atoms with Crippen LogP contribution in [-0.4, -0.2) is 42.6 Å². The molecule has 3 heterocycles. The van der Waals surface area contributed by atoms with Crippen LogP contribution in [0.5, 0.6) is 0 Å². The normalized spacial score (nSPS) is 23.1. The lowest BCUT2D eigenvalue weighted by atomic mass is 10.3. The van der Waals surface area contributed by atoms with E-state index in [0.29, 0.717) is 0 Å². The number of aryl methyl sites for hydroxylation is 1. The highest BCUT2D eigenvalue weighted by Gasteiger charge is 2.20. The van der Waals surface area contributed by atoms with Gasteiger partial charge in [0.25, 0.3) is 5.56 Å². The average Bonchev–Trinajstić information content (AvgIpc) is 2.41. The Kier molecular flexibility index (Phi) is 3.54. The summed E-state index contributed by atoms with van der Waals surface area (Å²) in [4.78, 5) is 20.0. The highest BCUT2D eigenvalue weighted by Crippen LogP contribution is 2.02. The van der Waals surface area contributed by atoms with Gasteiger partial charge in [-0.3, -0.25) is 9.20 Å². The van der Waals surface area contributed by atoms with Crippen LogP contribution >= 0.6 is 0 Å². The molecular weight excluding hydrogens is 252 g/mol. The zero-order valence-corrected chi connectivity index (χ0v) is 12.1. The predicted octanol–water partition coefficient (Wildman–Crippen LogP) is -2.08. The molecule has 1 aliphatic rings. The van der Waals surface area contributed by atoms with Gasteiger partial charge >= 0.3 is 0 Å². The lowest BCUT2D eigenvalue weighted by molar-refractivity contribution is -1.01. The van der Waals surface area contributed by atoms with Gasteiger partial charge in [-0.2, -0.15) is 0 Å². The van der Waals surface area contributed by atoms with E-state index in [1.807, 2.05) is 25.1 Å². The summed E-state index contributed by atoms with van der Waals surface area (Å²) < 4.78 is 1.67. The van der Waals surface area contributed by atoms with Crippen molar-refractivity contribution in [1.82, 2.24) is 9.38 Å². The van der Waals surface area contributed by atoms with Gasteiger partial charge in [0.1, 0.15) is 44.1 Å². The molecule has 0 unspecified atom stereocenters. The van der Waals surface area contributed by atoms with Crippen LogP contribution in [-0.2, 0) is 6.54 Å². The van der Waals surface area contributed by atoms with Gasteiger partial charge in [0.2, 0.25) is 0 Å². The van der Waals surface area contributed by atoms with Crippen LogP contribution < -0.4 is 15.4 Å². The van der Waals surface area contributed by atoms with Crippen molar-refractivity contribution in [2.75, 3.05) is 33.2 Å². The van der Waals surface area contributed by atoms with Crippen LogP contribution in [0.3, 0.4) is 0 Å². The molecule has 0 saturated carbocycles. The molecule has 1 aliphatic heterocycles. The second-order valence-electron chi connectivity index (χ2n) is 5.83. The number of piperazine rings is 1. The second-order valence-corrected chi connectivity index (χ2v) is 5.83. The van der Waals surface area contributed by atoms with Crippen molar-refractivity contribution in [2.45, 2.75) is 13.5 Å². The first-order chi connectivity index (χ1) is 9.63. The smallest absolute Gasteiger partial charge is 0.258 e. The third kappa shape index (κ3) is 2.59. The standard InChI is InChI=1S/C15H20N4O/c1-12-4-3-5-14-16-13(10-15(20)19(12)14)11-18-8-6-17(2)7-9-18/h3-5,10H,6-9,11H2,1-2H3/p+2. The third-order valence-electron chi connectivity index (χ3n) is 4.17. The highest BCUT2D eigenvalue weighted by atomic mass is 16.1. The van der Waals surface area contributed by atoms with Crippen LogP contribution in [0.25, 0.3) is 5.65 Å². The monoisotopic (exact) mass is 274 g/mol. The number of hydrogen-bond acceptors (Lipinski definition) is 2. The Hall–Kier alpha value is -1.72. The summed E-state index contributed by atoms with van der Waals surface area (Å²) in [5, 5.41) is 0. The van der Waals surface area contributed by atoms with Crippen molar-refractivity contribution in [3.05, 3.63) is 46.0 Å². The Labute approximate surface area is 118 Å². The van der Waals surface area contributed by atoms with Crippen molar-refractivity contribution in [3.8, 4) is 0 Å². The van der Waals surface area contributed by atoms with Crippen molar-refractivity contribution in [3.63, 3.8) is 0 Å². The lowest BCUT2D eigenvalue weighted by Crippen LogP contribution is -3.26. The van der Waals surface area contributed by atoms with Gasteiger partial charge in [-0.05, 0) is 19.1 Å². The molecule has 20 heavy (non-hydrogen) atoms. The number of quaternary nitrogens is 2. The zero-order valence-electron chi connectivity index (χ0n) is 12.1. The molecule has 0 radical (unpaired) electrons. The Morgan fingerprint density at radius 2 is 2.00 bits per heavy atom. The van der Waals surface area contributed by atoms with Gasteiger partial charge in [0.05, 0.1) is 7.05 Å². The van der Waals surface area contributed by atoms with E-state index in [1.165, 1.54) is 18.0 Å². The molecule has 1 saturated heterocycles. The molecule has 5 heteroatoms. The topological polar surface area (TPSA) is 43.2 Å². The molecule has 0 aromatic carbocycles. The second kappa shape index (κ2) is 5.34. The van der Waals surface area contributed by atoms with Gasteiger partial charge in [-0.15, -0.1) is 0 Å². The maximum absolute atomic E-state index is 12.2. The summed E-state index contributed by atoms with van der Waals surface area (Å²) in [5.74, 6) is 0. The minimum absolute atomic E-state index is 0.0299. The molecule has 2 aromatic heterocycles. The number of nitrogens with one attached hydrogen (secondary N) is 2. The minimum atomic E-state index is 0.0299. The summed E-state index contributed by atoms with van der Waals surface area (Å²) >= 11 is 0. The maximum Gasteiger partial charge on any atom is 0.258 e. The minimum Gasteiger partial charge on any atom is -0.328 e. The predicted molar refractivity (Wildman–Crippen MR) is 77.2 cm³/mol. The molecule has 3 rings (SSSR count). The van der Waals surface area contributed by atoms with Gasteiger partial charge in [-0.1, -0.05) is 6.07 Å². The van der Waals surface area contributed by atoms with Gasteiger partial charge in [-0.25, -0.2) is 4.98 Å². The zero-order chi connectivity index (χ0) is 14.1. The Morgan fingerprint density at radius 3 is 2.75 bits per heavy atom. The number of likely N-dealkylation sites (N-methyl/N-ethyl adjacent to an activating group) is 1. The molecule has 0 atom stereocenters. The highest BCUT2D eigenvalue weighted by molar-refractivity contribution is 5.40. The van der Waals surface area contributed by atoms with Crippen LogP contribution in [0.4, 0.5) is 0 Å². The first-order valence-corrected chi connectivity index (χ1v) is 7.26. The number of fused-ring (bicyclic) bond motifs is 1. The summed E-state index contributed by atoms with van der Waals surface area (Å²) in [6.07, 6.45) is 0. The van der Waals surface area contributed by atoms with Crippen LogP contribution in [0.1, 0.15) is 11.4 Å². The largest absolute Gasteiger partial charge is 0.328 e. The third-order valence-corrected chi connectivity index (χ3v) is 4.17. The molecule has 0 amide bonds. The molecule has 1 fully saturated rings. The summed E-state index contributed by atoms with van der Waals surface area (Å²) in [6.45, 7) is 7.49. The van der Waals surface area contributed by atoms with Crippen LogP contribution in [0, 0.1) is 6.92 Å². The molecule has 106 valence electrons. The fraction of sp³-hybridized carbons (Fsp3) is 0.467. The van der Waals surface area contributed by atoms with E-state index in [9.17, 15) is 4.79 Å². The molecule has 0 aliphatic carbocycles. The lowest BCUT2D eigenvalue weighted by Gasteiger charge is -2.27. The van der Waals surface area contributed by atoms with E-state index in [-0.39, 0.29) is 5.56 Å². The SMILES string of the molecule is Cc1cccc2nc(C[NH+]3CC[NH+](C)CC3)cc(=O)n12. The van der Waals surface area contributed by atoms with Crippen molar-refractivity contribution in [2.24, 2.45) is 0 Å². The number of rotatable bonds is 2. The number of hydrogen-bond donors (Lipinski definition) is 2. The number of pyridine rings is 1. The van der Waals surface area contributed by atoms with E-state index in [4.69, 9.17) is 0 Å². The van der Waals surface area contributed by atoms with Gasteiger partial charge in [0, 0.05) is 11.8 Å². The van der Waals surface area contributed by atoms with Crippen LogP contribution in [0.15, 0.2) is 29.1 Å². The Bertz CT molecular complexity index is 671. The van der Waals surface area contributed by atoms with E-state index >= 15 is 0 Å². The Balaban J connectivity index is 1.88. The summed E-state index contributed by atoms with van der Waals surface area (Å²) in [5.41, 5.74) is 2.63. The summed E-state index contributed by atoms with van der Waals surface area (Å²) in [6, 6.07) is 7.48. The maximum atomic E-state index is 12.2. The quantitative estimate of drug-likeness (QED) is 0.660. The van der Waals surface area contributed by atoms with Gasteiger partial charge < -0.3 is 9.80 Å². The van der Waals surface area contributed by atoms with Crippen molar-refractivity contribution in [1.29, 1.82) is 0 Å². The number of nitrogens with zero attached hydrogens (tertiary/aromatic N) is 2. The first-order valence-electron chi connectivity index (χ1n) is 7.26. The van der Waals surface area contributed by atoms with Gasteiger partial charge in [0.15, 0.2) is 0 Å². The molecule has 0 bridgehead atoms. The fourth-order valence-corrected chi connectivity index (χ4v) is 2.92. The van der Waals surface area contributed by atoms with E-state index in [2.05, 4.69) is 12.0 Å². The van der Waals surface area contributed by atoms with E-state index in [0.717, 1.165) is 36.7 Å². The van der Waals surface area contributed by atoms with Crippen molar-refractivity contribution >= 4 is 5.65 Å². The molecule has 2 aromatic rings. The average molecular weight is 274 g/mol. The van der Waals surface area contributed by atoms with Crippen LogP contribution in [0.2, 0.25) is 0 Å². The number of aromatic nitrogens is 2. The molecule has 2 N–H and O–H groups in total. The first kappa shape index (κ1) is 13.3.